The molecule has 0 saturated carbocycles. The Hall–Kier alpha value is -8.81. The molecule has 0 aliphatic carbocycles. The van der Waals surface area contributed by atoms with Crippen LogP contribution in [-0.4, -0.2) is 239 Å². The van der Waals surface area contributed by atoms with Gasteiger partial charge in [0, 0.05) is 175 Å². The maximum atomic E-state index is 13.8. The standard InChI is InChI=1S/C34H51FN8O8.C27H40FN9O7.3C2HF3O2.S8.S7/c1-20(44)17-26-31(48)43-27(18-22-11-13-23(35)14-12-22)32(49)42-25(9-6-7-15-38-33(50)51-34(3,4)5)30(47)41-24(10-8-16-37-21(2)36)29(46)39-19-28(45)40-26;28-16-8-6-15(7-9-16)12-19-25(43)36-18(4-1-2-10-29)24(42)35-17(5-3-11-32-27(30)31)23(41)33-14-21(38)34-20(13-22(39)40)26(44)37-19;3*3-2(4,5)1(6)7;1-3-5-7-8-6-4-2;1-3-5-7-6-4-2/h11-14,24-27H,6-10,15-19H2,1-5H3,(H2,36,37)(H,38,50)(H,39,46)(H,40,45)(H,41,47)(H,42,49)(H,43,48);6-9,17-20H,1-5,10-14,29H2,(H,33,41)(H,34,38)(H,35,42)(H,36,43)(H,37,44)(H,39,40)(H4,30,31,32);3*(H,6,7);;/p+3/t24-,25-,26-,27+;17-,18-,19+,20-;;;;;/m00...../s1. The van der Waals surface area contributed by atoms with E-state index in [9.17, 15) is 116 Å². The molecule has 38 nitrogen and oxygen atoms in total. The molecule has 2 fully saturated rings. The van der Waals surface area contributed by atoms with Crippen molar-refractivity contribution in [2.75, 3.05) is 39.3 Å². The number of carbonyl (C=O) groups is 16. The van der Waals surface area contributed by atoms with Gasteiger partial charge in [-0.3, -0.25) is 84.7 Å². The summed E-state index contributed by atoms with van der Waals surface area (Å²) >= 11 is 18.3. The molecule has 2 aliphatic rings. The maximum Gasteiger partial charge on any atom is 0.490 e. The Kier molecular flexibility index (Phi) is 67.5. The maximum absolute atomic E-state index is 13.8. The van der Waals surface area contributed by atoms with Crippen molar-refractivity contribution < 1.29 is 166 Å². The average Bonchev–Trinajstić information content (AvgIpc) is 1.81. The van der Waals surface area contributed by atoms with E-state index in [1.165, 1.54) is 91.0 Å². The number of ketones is 1. The van der Waals surface area contributed by atoms with E-state index in [0.717, 1.165) is 0 Å². The summed E-state index contributed by atoms with van der Waals surface area (Å²) in [6.07, 6.45) is -14.2. The van der Waals surface area contributed by atoms with Gasteiger partial charge in [-0.15, -0.1) is 0 Å². The van der Waals surface area contributed by atoms with Gasteiger partial charge in [0.2, 0.25) is 64.9 Å². The van der Waals surface area contributed by atoms with Gasteiger partial charge in [-0.25, -0.2) is 28.0 Å². The minimum Gasteiger partial charge on any atom is -0.481 e. The first-order valence-corrected chi connectivity index (χ1v) is 54.4. The quantitative estimate of drug-likeness (QED) is 0.0191. The number of carboxylic acid groups (broad SMARTS) is 4. The van der Waals surface area contributed by atoms with E-state index in [-0.39, 0.29) is 57.6 Å². The number of amides is 11. The second kappa shape index (κ2) is 70.0. The van der Waals surface area contributed by atoms with Crippen molar-refractivity contribution in [1.29, 1.82) is 0 Å². The third kappa shape index (κ3) is 67.1. The normalized spacial score (nSPS) is 18.1. The van der Waals surface area contributed by atoms with Crippen LogP contribution in [-0.2, 0) is 232 Å². The highest BCUT2D eigenvalue weighted by atomic mass is 33.4. The zero-order valence-corrected chi connectivity index (χ0v) is 81.6. The predicted octanol–water partition coefficient (Wildman–Crippen LogP) is -5.33. The number of Topliss-reactive ketones (excluding diaryl/α,β-unsaturated/α-hetero) is 1. The smallest absolute Gasteiger partial charge is 0.481 e. The zero-order chi connectivity index (χ0) is 101. The van der Waals surface area contributed by atoms with Crippen LogP contribution in [0.1, 0.15) is 123 Å². The SMILES string of the molecule is CC(=O)C[C@@H]1NC(=O)CNC(=O)[C@H](CCC[NH+]=C(C)N)NC(=O)[C@H](CCCCNC(=O)OC(C)(C)C)NC(=O)[C@@H](Cc2ccc(F)cc2)NC1=O.NC(N)=[NH+]CCC[C@@H]1NC(=O)[C@H](CCCC[NH3+])NC(=O)[C@@H](Cc2ccc(F)cc2)NC(=O)[C@H](CC(=O)O)NC(=O)CNC1=O.O=C(O)C(F)(F)F.O=C(O)C(F)(F)F.O=C(O)C(F)(F)F.S=S=S=S=S=S=S.S=S=S=S=S=S=S=S. The van der Waals surface area contributed by atoms with Gasteiger partial charge in [0.1, 0.15) is 71.4 Å². The van der Waals surface area contributed by atoms with Crippen molar-refractivity contribution in [2.45, 2.75) is 197 Å². The number of unbranched alkanes of at least 4 members (excludes halogenated alkanes) is 2. The van der Waals surface area contributed by atoms with Crippen LogP contribution in [0.15, 0.2) is 48.5 Å². The first-order valence-electron chi connectivity index (χ1n) is 37.1. The van der Waals surface area contributed by atoms with Crippen LogP contribution in [0, 0.1) is 11.6 Å². The molecule has 2 aromatic rings. The van der Waals surface area contributed by atoms with Crippen LogP contribution in [0.5, 0.6) is 0 Å². The fourth-order valence-corrected chi connectivity index (χ4v) is 28.7. The summed E-state index contributed by atoms with van der Waals surface area (Å²) in [6.45, 7) is 8.36. The third-order valence-electron chi connectivity index (χ3n) is 15.2. The Morgan fingerprint density at radius 2 is 0.740 bits per heavy atom. The van der Waals surface area contributed by atoms with Crippen molar-refractivity contribution >= 4 is 249 Å². The summed E-state index contributed by atoms with van der Waals surface area (Å²) in [5, 5.41) is 58.6. The summed E-state index contributed by atoms with van der Waals surface area (Å²) < 4.78 is 128. The molecular weight excluding hydrogens is 2070 g/mol. The number of carboxylic acids is 4. The van der Waals surface area contributed by atoms with Crippen molar-refractivity contribution in [3.05, 3.63) is 71.3 Å². The molecule has 740 valence electrons. The first-order chi connectivity index (χ1) is 61.0. The number of amidine groups is 1. The summed E-state index contributed by atoms with van der Waals surface area (Å²) in [5.74, 6) is -18.5. The molecular formula is C67H97F11N17O21S15+3. The zero-order valence-electron chi connectivity index (χ0n) is 69.3. The molecule has 2 saturated heterocycles. The highest BCUT2D eigenvalue weighted by Gasteiger charge is 2.41. The molecule has 2 heterocycles. The minimum atomic E-state index is -5.08. The number of ether oxygens (including phenoxy) is 1. The molecule has 2 aliphatic heterocycles. The molecule has 0 bridgehead atoms. The van der Waals surface area contributed by atoms with Crippen LogP contribution < -0.4 is 91.4 Å². The van der Waals surface area contributed by atoms with Gasteiger partial charge in [-0.1, -0.05) is 24.3 Å². The molecule has 2 aromatic carbocycles. The highest BCUT2D eigenvalue weighted by Crippen LogP contribution is 2.17. The van der Waals surface area contributed by atoms with Crippen molar-refractivity contribution in [1.82, 2.24) is 58.5 Å². The number of carbonyl (C=O) groups excluding carboxylic acids is 12. The number of nitrogens with two attached hydrogens (primary N) is 3. The van der Waals surface area contributed by atoms with E-state index in [1.54, 1.807) is 89.9 Å². The number of rotatable bonds is 25. The largest absolute Gasteiger partial charge is 0.490 e. The van der Waals surface area contributed by atoms with Gasteiger partial charge < -0.3 is 89.4 Å². The van der Waals surface area contributed by atoms with Crippen molar-refractivity contribution in [3.63, 3.8) is 0 Å². The summed E-state index contributed by atoms with van der Waals surface area (Å²) in [5.41, 5.74) is 20.5. The van der Waals surface area contributed by atoms with Gasteiger partial charge in [-0.05, 0) is 127 Å². The first kappa shape index (κ1) is 126. The Morgan fingerprint density at radius 3 is 1.05 bits per heavy atom. The van der Waals surface area contributed by atoms with Crippen molar-refractivity contribution in [2.24, 2.45) is 17.2 Å². The van der Waals surface area contributed by atoms with E-state index in [2.05, 4.69) is 119 Å². The van der Waals surface area contributed by atoms with Crippen LogP contribution in [0.3, 0.4) is 0 Å². The number of alkyl carbamates (subject to hydrolysis) is 1. The van der Waals surface area contributed by atoms with Crippen LogP contribution in [0.2, 0.25) is 0 Å². The second-order valence-corrected chi connectivity index (χ2v) is 46.4. The lowest BCUT2D eigenvalue weighted by molar-refractivity contribution is -0.460. The van der Waals surface area contributed by atoms with Crippen LogP contribution in [0.4, 0.5) is 53.1 Å². The number of halogens is 11. The van der Waals surface area contributed by atoms with E-state index >= 15 is 0 Å². The lowest BCUT2D eigenvalue weighted by atomic mass is 10.0. The molecule has 64 heteroatoms. The molecule has 4 rings (SSSR count). The fourth-order valence-electron chi connectivity index (χ4n) is 9.51. The van der Waals surface area contributed by atoms with Gasteiger partial charge in [-0.2, -0.15) is 39.5 Å². The van der Waals surface area contributed by atoms with Gasteiger partial charge >= 0.3 is 54.5 Å². The van der Waals surface area contributed by atoms with Gasteiger partial charge in [0.05, 0.1) is 39.1 Å². The number of quaternary nitrogens is 1. The second-order valence-electron chi connectivity index (χ2n) is 26.9. The number of nitrogens with one attached hydrogen (secondary N) is 13. The predicted molar refractivity (Wildman–Crippen MR) is 489 cm³/mol. The monoisotopic (exact) mass is 2160 g/mol. The van der Waals surface area contributed by atoms with E-state index in [4.69, 9.17) is 51.6 Å². The summed E-state index contributed by atoms with van der Waals surface area (Å²) in [4.78, 5) is 201. The molecule has 0 radical (unpaired) electrons. The number of hydrogen-bond acceptors (Lipinski definition) is 21. The number of aliphatic carboxylic acids is 4. The average molecular weight is 2170 g/mol. The third-order valence-corrected chi connectivity index (χ3v) is 35.2. The highest BCUT2D eigenvalue weighted by molar-refractivity contribution is 8.70. The van der Waals surface area contributed by atoms with Gasteiger partial charge in [0.15, 0.2) is 0 Å². The minimum absolute atomic E-state index is 0.0281. The van der Waals surface area contributed by atoms with Crippen LogP contribution in [0.25, 0.3) is 0 Å². The van der Waals surface area contributed by atoms with E-state index in [0.29, 0.717) is 68.6 Å². The van der Waals surface area contributed by atoms with E-state index < -0.39 is 205 Å². The molecule has 8 atom stereocenters. The molecule has 26 N–H and O–H groups in total. The lowest BCUT2D eigenvalue weighted by Crippen LogP contribution is -2.78. The molecule has 131 heavy (non-hydrogen) atoms. The Balaban J connectivity index is -0.00000181. The summed E-state index contributed by atoms with van der Waals surface area (Å²) in [6, 6.07) is 0.196. The number of guanidine groups is 1. The molecule has 11 amide bonds. The topological polar surface area (TPSA) is 629 Å². The number of alkyl halides is 9. The molecule has 0 spiro atoms. The fraction of sp³-hybridized carbons (Fsp3) is 0.552. The molecule has 0 unspecified atom stereocenters. The Morgan fingerprint density at radius 1 is 0.443 bits per heavy atom. The Bertz CT molecular complexity index is 4660. The number of hydrogen-bond donors (Lipinski definition) is 21. The lowest BCUT2D eigenvalue weighted by Gasteiger charge is -2.26. The Labute approximate surface area is 791 Å². The van der Waals surface area contributed by atoms with Crippen molar-refractivity contribution in [3.8, 4) is 0 Å². The molecule has 0 aromatic heterocycles. The summed E-state index contributed by atoms with van der Waals surface area (Å²) in [7, 11) is 16.5. The van der Waals surface area contributed by atoms with E-state index in [1.807, 2.05) is 0 Å². The van der Waals surface area contributed by atoms with Gasteiger partial charge in [0.25, 0.3) is 0 Å². The number of benzene rings is 2. The van der Waals surface area contributed by atoms with Crippen LogP contribution >= 0.6 is 0 Å².